The number of piperidine rings is 1. The first-order valence-electron chi connectivity index (χ1n) is 9.69. The van der Waals surface area contributed by atoms with Crippen LogP contribution in [-0.4, -0.2) is 44.1 Å². The molecule has 1 fully saturated rings. The van der Waals surface area contributed by atoms with Gasteiger partial charge >= 0.3 is 0 Å². The zero-order valence-electron chi connectivity index (χ0n) is 15.8. The van der Waals surface area contributed by atoms with Gasteiger partial charge < -0.3 is 14.8 Å². The van der Waals surface area contributed by atoms with E-state index in [4.69, 9.17) is 0 Å². The monoisotopic (exact) mass is 362 g/mol. The van der Waals surface area contributed by atoms with Crippen molar-refractivity contribution < 1.29 is 0 Å². The second-order valence-electron chi connectivity index (χ2n) is 6.98. The first-order valence-corrected chi connectivity index (χ1v) is 9.69. The molecule has 0 radical (unpaired) electrons. The van der Waals surface area contributed by atoms with E-state index >= 15 is 0 Å². The quantitative estimate of drug-likeness (QED) is 0.726. The Labute approximate surface area is 160 Å². The molecule has 1 aromatic carbocycles. The molecule has 1 atom stereocenters. The molecule has 1 aliphatic heterocycles. The van der Waals surface area contributed by atoms with E-state index in [1.165, 1.54) is 24.9 Å². The third-order valence-corrected chi connectivity index (χ3v) is 5.19. The Hall–Kier alpha value is -2.73. The maximum atomic E-state index is 4.58. The minimum Gasteiger partial charge on any atom is -0.350 e. The van der Waals surface area contributed by atoms with E-state index in [1.807, 2.05) is 36.8 Å². The number of nitrogens with zero attached hydrogens (tertiary/aromatic N) is 5. The van der Waals surface area contributed by atoms with Crippen molar-refractivity contribution >= 4 is 5.95 Å². The summed E-state index contributed by atoms with van der Waals surface area (Å²) in [5, 5.41) is 3.27. The van der Waals surface area contributed by atoms with E-state index < -0.39 is 0 Å². The highest BCUT2D eigenvalue weighted by atomic mass is 15.2. The molecule has 1 unspecified atom stereocenters. The molecule has 1 N–H and O–H groups in total. The number of imidazole rings is 1. The average molecular weight is 362 g/mol. The molecule has 6 nitrogen and oxygen atoms in total. The lowest BCUT2D eigenvalue weighted by molar-refractivity contribution is 0.186. The van der Waals surface area contributed by atoms with E-state index in [1.54, 1.807) is 0 Å². The highest BCUT2D eigenvalue weighted by molar-refractivity contribution is 5.54. The predicted octanol–water partition coefficient (Wildman–Crippen LogP) is 3.61. The lowest BCUT2D eigenvalue weighted by Crippen LogP contribution is -2.36. The zero-order valence-corrected chi connectivity index (χ0v) is 15.8. The molecular weight excluding hydrogens is 336 g/mol. The van der Waals surface area contributed by atoms with Gasteiger partial charge in [-0.2, -0.15) is 0 Å². The molecule has 0 spiro atoms. The molecule has 0 bridgehead atoms. The summed E-state index contributed by atoms with van der Waals surface area (Å²) < 4.78 is 2.29. The van der Waals surface area contributed by atoms with E-state index in [2.05, 4.69) is 55.0 Å². The van der Waals surface area contributed by atoms with Gasteiger partial charge in [0.1, 0.15) is 5.82 Å². The standard InChI is InChI=1S/C21H26N6/c1-2-26-11-6-9-19(16-26)27-12-10-22-20(27)18-14-24-21(25-15-18)23-13-17-7-4-3-5-8-17/h3-5,7-8,10,12,14-15,19H,2,6,9,11,13,16H2,1H3,(H,23,24,25). The van der Waals surface area contributed by atoms with Crippen molar-refractivity contribution in [2.75, 3.05) is 25.0 Å². The van der Waals surface area contributed by atoms with Crippen molar-refractivity contribution in [1.82, 2.24) is 24.4 Å². The summed E-state index contributed by atoms with van der Waals surface area (Å²) in [6.45, 7) is 6.32. The van der Waals surface area contributed by atoms with Crippen molar-refractivity contribution in [3.63, 3.8) is 0 Å². The summed E-state index contributed by atoms with van der Waals surface area (Å²) in [6.07, 6.45) is 10.1. The molecular formula is C21H26N6. The van der Waals surface area contributed by atoms with Gasteiger partial charge in [-0.1, -0.05) is 37.3 Å². The van der Waals surface area contributed by atoms with Gasteiger partial charge in [-0.05, 0) is 31.5 Å². The van der Waals surface area contributed by atoms with Crippen molar-refractivity contribution in [1.29, 1.82) is 0 Å². The maximum absolute atomic E-state index is 4.58. The summed E-state index contributed by atoms with van der Waals surface area (Å²) in [7, 11) is 0. The lowest BCUT2D eigenvalue weighted by atomic mass is 10.1. The fraction of sp³-hybridized carbons (Fsp3) is 0.381. The second-order valence-corrected chi connectivity index (χ2v) is 6.98. The van der Waals surface area contributed by atoms with Crippen LogP contribution >= 0.6 is 0 Å². The van der Waals surface area contributed by atoms with Crippen molar-refractivity contribution in [3.05, 3.63) is 60.7 Å². The largest absolute Gasteiger partial charge is 0.350 e. The summed E-state index contributed by atoms with van der Waals surface area (Å²) in [6, 6.07) is 10.7. The highest BCUT2D eigenvalue weighted by Crippen LogP contribution is 2.27. The summed E-state index contributed by atoms with van der Waals surface area (Å²) in [5.74, 6) is 1.59. The topological polar surface area (TPSA) is 58.9 Å². The van der Waals surface area contributed by atoms with Gasteiger partial charge in [0, 0.05) is 43.9 Å². The van der Waals surface area contributed by atoms with Crippen LogP contribution in [0.3, 0.4) is 0 Å². The number of rotatable bonds is 6. The van der Waals surface area contributed by atoms with Crippen LogP contribution < -0.4 is 5.32 Å². The molecule has 27 heavy (non-hydrogen) atoms. The van der Waals surface area contributed by atoms with Crippen molar-refractivity contribution in [2.45, 2.75) is 32.4 Å². The Bertz CT molecular complexity index is 843. The first-order chi connectivity index (χ1) is 13.3. The first kappa shape index (κ1) is 17.7. The van der Waals surface area contributed by atoms with Crippen LogP contribution in [0.4, 0.5) is 5.95 Å². The third kappa shape index (κ3) is 4.17. The van der Waals surface area contributed by atoms with E-state index in [0.717, 1.165) is 24.5 Å². The highest BCUT2D eigenvalue weighted by Gasteiger charge is 2.22. The molecule has 6 heteroatoms. The predicted molar refractivity (Wildman–Crippen MR) is 107 cm³/mol. The van der Waals surface area contributed by atoms with Crippen LogP contribution in [0.5, 0.6) is 0 Å². The van der Waals surface area contributed by atoms with Crippen LogP contribution in [-0.2, 0) is 6.54 Å². The fourth-order valence-corrected chi connectivity index (χ4v) is 3.69. The minimum absolute atomic E-state index is 0.465. The number of aromatic nitrogens is 4. The number of nitrogens with one attached hydrogen (secondary N) is 1. The molecule has 4 rings (SSSR count). The Kier molecular flexibility index (Phi) is 5.44. The van der Waals surface area contributed by atoms with Crippen LogP contribution in [0, 0.1) is 0 Å². The third-order valence-electron chi connectivity index (χ3n) is 5.19. The Morgan fingerprint density at radius 2 is 1.93 bits per heavy atom. The van der Waals surface area contributed by atoms with Crippen LogP contribution in [0.25, 0.3) is 11.4 Å². The normalized spacial score (nSPS) is 17.7. The molecule has 2 aromatic heterocycles. The van der Waals surface area contributed by atoms with Crippen molar-refractivity contribution in [2.24, 2.45) is 0 Å². The maximum Gasteiger partial charge on any atom is 0.222 e. The van der Waals surface area contributed by atoms with Crippen molar-refractivity contribution in [3.8, 4) is 11.4 Å². The molecule has 1 saturated heterocycles. The van der Waals surface area contributed by atoms with Gasteiger partial charge in [-0.3, -0.25) is 0 Å². The summed E-state index contributed by atoms with van der Waals surface area (Å²) in [4.78, 5) is 16.0. The van der Waals surface area contributed by atoms with Crippen LogP contribution in [0.1, 0.15) is 31.4 Å². The number of likely N-dealkylation sites (tertiary alicyclic amines) is 1. The number of benzene rings is 1. The molecule has 0 amide bonds. The van der Waals surface area contributed by atoms with Gasteiger partial charge in [-0.25, -0.2) is 15.0 Å². The van der Waals surface area contributed by atoms with E-state index in [-0.39, 0.29) is 0 Å². The van der Waals surface area contributed by atoms with Gasteiger partial charge in [0.25, 0.3) is 0 Å². The van der Waals surface area contributed by atoms with Gasteiger partial charge in [0.2, 0.25) is 5.95 Å². The Morgan fingerprint density at radius 1 is 1.11 bits per heavy atom. The molecule has 3 heterocycles. The SMILES string of the molecule is CCN1CCCC(n2ccnc2-c2cnc(NCc3ccccc3)nc2)C1. The molecule has 0 aliphatic carbocycles. The Balaban J connectivity index is 1.46. The van der Waals surface area contributed by atoms with Crippen LogP contribution in [0.2, 0.25) is 0 Å². The zero-order chi connectivity index (χ0) is 18.5. The van der Waals surface area contributed by atoms with Gasteiger partial charge in [-0.15, -0.1) is 0 Å². The van der Waals surface area contributed by atoms with E-state index in [9.17, 15) is 0 Å². The van der Waals surface area contributed by atoms with E-state index in [0.29, 0.717) is 18.5 Å². The smallest absolute Gasteiger partial charge is 0.222 e. The summed E-state index contributed by atoms with van der Waals surface area (Å²) >= 11 is 0. The van der Waals surface area contributed by atoms with Crippen LogP contribution in [0.15, 0.2) is 55.1 Å². The molecule has 0 saturated carbocycles. The minimum atomic E-state index is 0.465. The number of hydrogen-bond acceptors (Lipinski definition) is 5. The Morgan fingerprint density at radius 3 is 2.70 bits per heavy atom. The second kappa shape index (κ2) is 8.31. The number of anilines is 1. The lowest BCUT2D eigenvalue weighted by Gasteiger charge is -2.33. The summed E-state index contributed by atoms with van der Waals surface area (Å²) in [5.41, 5.74) is 2.16. The number of hydrogen-bond donors (Lipinski definition) is 1. The fourth-order valence-electron chi connectivity index (χ4n) is 3.69. The molecule has 3 aromatic rings. The van der Waals surface area contributed by atoms with Gasteiger partial charge in [0.15, 0.2) is 0 Å². The molecule has 1 aliphatic rings. The number of likely N-dealkylation sites (N-methyl/N-ethyl adjacent to an activating group) is 1. The average Bonchev–Trinajstić information content (AvgIpc) is 3.23. The molecule has 140 valence electrons. The van der Waals surface area contributed by atoms with Gasteiger partial charge in [0.05, 0.1) is 5.56 Å².